The molecule has 0 heterocycles. The average molecular weight is 273 g/mol. The minimum absolute atomic E-state index is 0.0579. The van der Waals surface area contributed by atoms with Crippen molar-refractivity contribution >= 4 is 11.4 Å². The molecule has 0 radical (unpaired) electrons. The quantitative estimate of drug-likeness (QED) is 0.840. The van der Waals surface area contributed by atoms with Gasteiger partial charge in [-0.1, -0.05) is 18.2 Å². The monoisotopic (exact) mass is 273 g/mol. The molecule has 0 fully saturated rings. The van der Waals surface area contributed by atoms with Gasteiger partial charge in [0.25, 0.3) is 0 Å². The van der Waals surface area contributed by atoms with Gasteiger partial charge in [0.2, 0.25) is 0 Å². The number of halogens is 2. The number of benzene rings is 2. The minimum atomic E-state index is -0.803. The second-order valence-corrected chi connectivity index (χ2v) is 4.42. The van der Waals surface area contributed by atoms with Crippen LogP contribution in [0.15, 0.2) is 36.4 Å². The van der Waals surface area contributed by atoms with Crippen LogP contribution in [0.1, 0.15) is 24.1 Å². The summed E-state index contributed by atoms with van der Waals surface area (Å²) in [6.45, 7) is 1.75. The van der Waals surface area contributed by atoms with Gasteiger partial charge >= 0.3 is 0 Å². The highest BCUT2D eigenvalue weighted by molar-refractivity contribution is 5.55. The first-order valence-electron chi connectivity index (χ1n) is 6.03. The second-order valence-electron chi connectivity index (χ2n) is 4.42. The molecule has 0 saturated carbocycles. The van der Waals surface area contributed by atoms with Crippen molar-refractivity contribution < 1.29 is 8.78 Å². The van der Waals surface area contributed by atoms with E-state index in [9.17, 15) is 8.78 Å². The number of hydrogen-bond donors (Lipinski definition) is 2. The SMILES string of the molecule is CC(Nc1c(F)cc(C#N)cc1F)c1ccccc1N. The third kappa shape index (κ3) is 2.69. The Kier molecular flexibility index (Phi) is 3.85. The molecular formula is C15H13F2N3. The molecule has 0 aliphatic rings. The van der Waals surface area contributed by atoms with E-state index in [0.717, 1.165) is 17.7 Å². The molecule has 2 aromatic rings. The lowest BCUT2D eigenvalue weighted by molar-refractivity contribution is 0.584. The molecule has 20 heavy (non-hydrogen) atoms. The van der Waals surface area contributed by atoms with Crippen molar-refractivity contribution in [2.45, 2.75) is 13.0 Å². The highest BCUT2D eigenvalue weighted by Gasteiger charge is 2.15. The summed E-state index contributed by atoms with van der Waals surface area (Å²) >= 11 is 0. The smallest absolute Gasteiger partial charge is 0.150 e. The summed E-state index contributed by atoms with van der Waals surface area (Å²) in [6, 6.07) is 10.4. The molecule has 2 rings (SSSR count). The van der Waals surface area contributed by atoms with Crippen molar-refractivity contribution in [2.24, 2.45) is 0 Å². The number of nitrogens with zero attached hydrogens (tertiary/aromatic N) is 1. The molecule has 0 spiro atoms. The van der Waals surface area contributed by atoms with Gasteiger partial charge < -0.3 is 11.1 Å². The van der Waals surface area contributed by atoms with Crippen LogP contribution in [0.4, 0.5) is 20.2 Å². The predicted octanol–water partition coefficient (Wildman–Crippen LogP) is 3.59. The summed E-state index contributed by atoms with van der Waals surface area (Å²) in [7, 11) is 0. The number of rotatable bonds is 3. The van der Waals surface area contributed by atoms with Crippen molar-refractivity contribution in [2.75, 3.05) is 11.1 Å². The normalized spacial score (nSPS) is 11.7. The summed E-state index contributed by atoms with van der Waals surface area (Å²) < 4.78 is 27.6. The van der Waals surface area contributed by atoms with Crippen LogP contribution in [0.3, 0.4) is 0 Å². The summed E-state index contributed by atoms with van der Waals surface area (Å²) in [5.41, 5.74) is 6.79. The molecule has 3 nitrogen and oxygen atoms in total. The maximum absolute atomic E-state index is 13.8. The van der Waals surface area contributed by atoms with E-state index in [2.05, 4.69) is 5.32 Å². The number of nitrogens with two attached hydrogens (primary N) is 1. The van der Waals surface area contributed by atoms with Gasteiger partial charge in [-0.2, -0.15) is 5.26 Å². The van der Waals surface area contributed by atoms with Gasteiger partial charge in [0.1, 0.15) is 5.69 Å². The predicted molar refractivity (Wildman–Crippen MR) is 74.0 cm³/mol. The minimum Gasteiger partial charge on any atom is -0.398 e. The Morgan fingerprint density at radius 2 is 1.80 bits per heavy atom. The first-order chi connectivity index (χ1) is 9.52. The molecule has 0 amide bonds. The van der Waals surface area contributed by atoms with E-state index in [1.165, 1.54) is 0 Å². The largest absolute Gasteiger partial charge is 0.398 e. The fourth-order valence-corrected chi connectivity index (χ4v) is 1.98. The standard InChI is InChI=1S/C15H13F2N3/c1-9(11-4-2-3-5-14(11)19)20-15-12(16)6-10(8-18)7-13(15)17/h2-7,9,20H,19H2,1H3. The Hall–Kier alpha value is -2.61. The highest BCUT2D eigenvalue weighted by atomic mass is 19.1. The van der Waals surface area contributed by atoms with E-state index >= 15 is 0 Å². The number of para-hydroxylation sites is 1. The van der Waals surface area contributed by atoms with Crippen LogP contribution in [0.2, 0.25) is 0 Å². The molecule has 102 valence electrons. The van der Waals surface area contributed by atoms with Crippen molar-refractivity contribution in [1.82, 2.24) is 0 Å². The van der Waals surface area contributed by atoms with Crippen LogP contribution in [0.25, 0.3) is 0 Å². The van der Waals surface area contributed by atoms with Crippen LogP contribution < -0.4 is 11.1 Å². The van der Waals surface area contributed by atoms with E-state index in [0.29, 0.717) is 5.69 Å². The number of nitrogens with one attached hydrogen (secondary N) is 1. The third-order valence-electron chi connectivity index (χ3n) is 2.99. The molecule has 0 bridgehead atoms. The molecule has 5 heteroatoms. The lowest BCUT2D eigenvalue weighted by Gasteiger charge is -2.18. The summed E-state index contributed by atoms with van der Waals surface area (Å²) in [5, 5.41) is 11.4. The van der Waals surface area contributed by atoms with Crippen LogP contribution in [0, 0.1) is 23.0 Å². The summed E-state index contributed by atoms with van der Waals surface area (Å²) in [4.78, 5) is 0. The first kappa shape index (κ1) is 13.8. The van der Waals surface area contributed by atoms with Gasteiger partial charge in [0.15, 0.2) is 11.6 Å². The molecule has 2 aromatic carbocycles. The highest BCUT2D eigenvalue weighted by Crippen LogP contribution is 2.27. The van der Waals surface area contributed by atoms with Crippen LogP contribution in [-0.4, -0.2) is 0 Å². The Labute approximate surface area is 115 Å². The van der Waals surface area contributed by atoms with Crippen LogP contribution in [-0.2, 0) is 0 Å². The Morgan fingerprint density at radius 3 is 2.35 bits per heavy atom. The number of anilines is 2. The molecule has 3 N–H and O–H groups in total. The fourth-order valence-electron chi connectivity index (χ4n) is 1.98. The van der Waals surface area contributed by atoms with Crippen molar-refractivity contribution in [3.63, 3.8) is 0 Å². The number of nitrogen functional groups attached to an aromatic ring is 1. The van der Waals surface area contributed by atoms with E-state index in [-0.39, 0.29) is 17.3 Å². The maximum Gasteiger partial charge on any atom is 0.150 e. The molecule has 1 unspecified atom stereocenters. The number of nitriles is 1. The Bertz CT molecular complexity index is 654. The third-order valence-corrected chi connectivity index (χ3v) is 2.99. The molecule has 0 aromatic heterocycles. The van der Waals surface area contributed by atoms with Crippen molar-refractivity contribution in [1.29, 1.82) is 5.26 Å². The summed E-state index contributed by atoms with van der Waals surface area (Å²) in [6.07, 6.45) is 0. The summed E-state index contributed by atoms with van der Waals surface area (Å²) in [5.74, 6) is -1.61. The molecule has 1 atom stereocenters. The fraction of sp³-hybridized carbons (Fsp3) is 0.133. The molecular weight excluding hydrogens is 260 g/mol. The average Bonchev–Trinajstić information content (AvgIpc) is 2.42. The number of hydrogen-bond acceptors (Lipinski definition) is 3. The lowest BCUT2D eigenvalue weighted by Crippen LogP contribution is -2.11. The molecule has 0 aliphatic carbocycles. The molecule has 0 aliphatic heterocycles. The Balaban J connectivity index is 2.31. The second kappa shape index (κ2) is 5.57. The Morgan fingerprint density at radius 1 is 1.20 bits per heavy atom. The van der Waals surface area contributed by atoms with Gasteiger partial charge in [-0.15, -0.1) is 0 Å². The van der Waals surface area contributed by atoms with Crippen molar-refractivity contribution in [3.8, 4) is 6.07 Å². The topological polar surface area (TPSA) is 61.8 Å². The van der Waals surface area contributed by atoms with E-state index in [1.54, 1.807) is 37.3 Å². The van der Waals surface area contributed by atoms with Gasteiger partial charge in [0, 0.05) is 5.69 Å². The van der Waals surface area contributed by atoms with Gasteiger partial charge in [0.05, 0.1) is 17.7 Å². The first-order valence-corrected chi connectivity index (χ1v) is 6.03. The van der Waals surface area contributed by atoms with Crippen LogP contribution >= 0.6 is 0 Å². The lowest BCUT2D eigenvalue weighted by atomic mass is 10.1. The van der Waals surface area contributed by atoms with Crippen LogP contribution in [0.5, 0.6) is 0 Å². The van der Waals surface area contributed by atoms with Gasteiger partial charge in [-0.05, 0) is 30.7 Å². The van der Waals surface area contributed by atoms with E-state index in [4.69, 9.17) is 11.0 Å². The zero-order valence-corrected chi connectivity index (χ0v) is 10.8. The van der Waals surface area contributed by atoms with Gasteiger partial charge in [-0.3, -0.25) is 0 Å². The van der Waals surface area contributed by atoms with E-state index < -0.39 is 11.6 Å². The zero-order chi connectivity index (χ0) is 14.7. The van der Waals surface area contributed by atoms with Gasteiger partial charge in [-0.25, -0.2) is 8.78 Å². The maximum atomic E-state index is 13.8. The van der Waals surface area contributed by atoms with E-state index in [1.807, 2.05) is 0 Å². The molecule has 0 saturated heterocycles. The van der Waals surface area contributed by atoms with Crippen molar-refractivity contribution in [3.05, 3.63) is 59.2 Å². The zero-order valence-electron chi connectivity index (χ0n) is 10.8.